The molecule has 1 aliphatic heterocycles. The first kappa shape index (κ1) is 9.96. The average molecular weight is 172 g/mol. The first-order valence-corrected chi connectivity index (χ1v) is 4.55. The highest BCUT2D eigenvalue weighted by atomic mass is 16.5. The summed E-state index contributed by atoms with van der Waals surface area (Å²) in [6.45, 7) is 4.27. The standard InChI is InChI=1S/C9H20N2O/c1-8(11(2)3)9(12-4)5-6-10-7-9/h8,10H,5-7H2,1-4H3. The van der Waals surface area contributed by atoms with E-state index in [1.54, 1.807) is 0 Å². The zero-order valence-electron chi connectivity index (χ0n) is 8.55. The predicted molar refractivity (Wildman–Crippen MR) is 50.4 cm³/mol. The van der Waals surface area contributed by atoms with E-state index in [9.17, 15) is 0 Å². The highest BCUT2D eigenvalue weighted by molar-refractivity contribution is 4.97. The molecule has 2 unspecified atom stereocenters. The number of nitrogens with one attached hydrogen (secondary N) is 1. The Hall–Kier alpha value is -0.120. The average Bonchev–Trinajstić information content (AvgIpc) is 2.52. The van der Waals surface area contributed by atoms with Gasteiger partial charge < -0.3 is 15.0 Å². The van der Waals surface area contributed by atoms with Gasteiger partial charge in [-0.2, -0.15) is 0 Å². The van der Waals surface area contributed by atoms with Gasteiger partial charge >= 0.3 is 0 Å². The summed E-state index contributed by atoms with van der Waals surface area (Å²) in [5, 5.41) is 3.35. The Bertz CT molecular complexity index is 141. The summed E-state index contributed by atoms with van der Waals surface area (Å²) >= 11 is 0. The summed E-state index contributed by atoms with van der Waals surface area (Å²) in [7, 11) is 6.01. The first-order valence-electron chi connectivity index (χ1n) is 4.55. The van der Waals surface area contributed by atoms with Crippen LogP contribution in [0.15, 0.2) is 0 Å². The quantitative estimate of drug-likeness (QED) is 0.663. The molecule has 0 aromatic rings. The molecular weight excluding hydrogens is 152 g/mol. The second-order valence-corrected chi connectivity index (χ2v) is 3.84. The van der Waals surface area contributed by atoms with Crippen molar-refractivity contribution in [1.29, 1.82) is 0 Å². The summed E-state index contributed by atoms with van der Waals surface area (Å²) in [5.74, 6) is 0. The van der Waals surface area contributed by atoms with Crippen LogP contribution in [0.5, 0.6) is 0 Å². The summed E-state index contributed by atoms with van der Waals surface area (Å²) in [6, 6.07) is 0.470. The molecular formula is C9H20N2O. The Morgan fingerprint density at radius 3 is 2.50 bits per heavy atom. The van der Waals surface area contributed by atoms with Crippen LogP contribution in [-0.4, -0.2) is 50.8 Å². The number of rotatable bonds is 3. The van der Waals surface area contributed by atoms with Crippen molar-refractivity contribution < 1.29 is 4.74 Å². The van der Waals surface area contributed by atoms with E-state index in [2.05, 4.69) is 31.2 Å². The highest BCUT2D eigenvalue weighted by Gasteiger charge is 2.40. The SMILES string of the molecule is COC1(C(C)N(C)C)CCNC1. The topological polar surface area (TPSA) is 24.5 Å². The molecule has 3 heteroatoms. The number of methoxy groups -OCH3 is 1. The fourth-order valence-corrected chi connectivity index (χ4v) is 1.86. The molecule has 1 aliphatic rings. The maximum atomic E-state index is 5.62. The van der Waals surface area contributed by atoms with Gasteiger partial charge in [-0.15, -0.1) is 0 Å². The van der Waals surface area contributed by atoms with Crippen LogP contribution >= 0.6 is 0 Å². The molecule has 1 rings (SSSR count). The molecule has 0 amide bonds. The Balaban J connectivity index is 2.65. The fourth-order valence-electron chi connectivity index (χ4n) is 1.86. The summed E-state index contributed by atoms with van der Waals surface area (Å²) in [4.78, 5) is 2.22. The molecule has 3 nitrogen and oxygen atoms in total. The van der Waals surface area contributed by atoms with Crippen LogP contribution in [0.2, 0.25) is 0 Å². The minimum Gasteiger partial charge on any atom is -0.375 e. The van der Waals surface area contributed by atoms with Crippen molar-refractivity contribution in [3.05, 3.63) is 0 Å². The first-order chi connectivity index (χ1) is 5.62. The van der Waals surface area contributed by atoms with Crippen LogP contribution in [-0.2, 0) is 4.74 Å². The lowest BCUT2D eigenvalue weighted by Crippen LogP contribution is -2.51. The Morgan fingerprint density at radius 2 is 2.17 bits per heavy atom. The van der Waals surface area contributed by atoms with Crippen molar-refractivity contribution >= 4 is 0 Å². The molecule has 0 aromatic heterocycles. The number of hydrogen-bond donors (Lipinski definition) is 1. The van der Waals surface area contributed by atoms with E-state index < -0.39 is 0 Å². The molecule has 1 fully saturated rings. The van der Waals surface area contributed by atoms with E-state index in [4.69, 9.17) is 4.74 Å². The molecule has 1 N–H and O–H groups in total. The van der Waals surface area contributed by atoms with Crippen molar-refractivity contribution in [3.63, 3.8) is 0 Å². The van der Waals surface area contributed by atoms with Crippen molar-refractivity contribution in [2.45, 2.75) is 25.0 Å². The maximum Gasteiger partial charge on any atom is 0.0965 e. The molecule has 72 valence electrons. The molecule has 0 saturated carbocycles. The van der Waals surface area contributed by atoms with Gasteiger partial charge in [0.25, 0.3) is 0 Å². The fraction of sp³-hybridized carbons (Fsp3) is 1.00. The van der Waals surface area contributed by atoms with Gasteiger partial charge in [-0.3, -0.25) is 0 Å². The largest absolute Gasteiger partial charge is 0.375 e. The van der Waals surface area contributed by atoms with Gasteiger partial charge in [0.05, 0.1) is 5.60 Å². The normalized spacial score (nSPS) is 32.8. The number of likely N-dealkylation sites (N-methyl/N-ethyl adjacent to an activating group) is 1. The smallest absolute Gasteiger partial charge is 0.0965 e. The van der Waals surface area contributed by atoms with Crippen LogP contribution in [0, 0.1) is 0 Å². The van der Waals surface area contributed by atoms with Crippen LogP contribution in [0.4, 0.5) is 0 Å². The summed E-state index contributed by atoms with van der Waals surface area (Å²) in [6.07, 6.45) is 1.11. The maximum absolute atomic E-state index is 5.62. The molecule has 1 saturated heterocycles. The van der Waals surface area contributed by atoms with Gasteiger partial charge in [-0.05, 0) is 34.0 Å². The van der Waals surface area contributed by atoms with E-state index in [1.165, 1.54) is 0 Å². The monoisotopic (exact) mass is 172 g/mol. The third kappa shape index (κ3) is 1.63. The van der Waals surface area contributed by atoms with E-state index in [0.29, 0.717) is 6.04 Å². The van der Waals surface area contributed by atoms with E-state index >= 15 is 0 Å². The minimum absolute atomic E-state index is 0.0312. The lowest BCUT2D eigenvalue weighted by Gasteiger charge is -2.37. The van der Waals surface area contributed by atoms with E-state index in [-0.39, 0.29) is 5.60 Å². The van der Waals surface area contributed by atoms with E-state index in [1.807, 2.05) is 7.11 Å². The molecule has 0 bridgehead atoms. The van der Waals surface area contributed by atoms with Gasteiger partial charge in [0, 0.05) is 19.7 Å². The highest BCUT2D eigenvalue weighted by Crippen LogP contribution is 2.25. The zero-order valence-corrected chi connectivity index (χ0v) is 8.55. The van der Waals surface area contributed by atoms with Crippen LogP contribution in [0.25, 0.3) is 0 Å². The molecule has 0 aliphatic carbocycles. The van der Waals surface area contributed by atoms with Gasteiger partial charge in [0.2, 0.25) is 0 Å². The second kappa shape index (κ2) is 3.73. The minimum atomic E-state index is 0.0312. The molecule has 0 aromatic carbocycles. The van der Waals surface area contributed by atoms with Crippen LogP contribution in [0.1, 0.15) is 13.3 Å². The van der Waals surface area contributed by atoms with Crippen molar-refractivity contribution in [1.82, 2.24) is 10.2 Å². The number of hydrogen-bond acceptors (Lipinski definition) is 3. The van der Waals surface area contributed by atoms with Gasteiger partial charge in [0.1, 0.15) is 0 Å². The number of nitrogens with zero attached hydrogens (tertiary/aromatic N) is 1. The molecule has 0 spiro atoms. The van der Waals surface area contributed by atoms with Crippen LogP contribution in [0.3, 0.4) is 0 Å². The molecule has 2 atom stereocenters. The summed E-state index contributed by atoms with van der Waals surface area (Å²) in [5.41, 5.74) is 0.0312. The lowest BCUT2D eigenvalue weighted by molar-refractivity contribution is -0.0469. The Kier molecular flexibility index (Phi) is 3.09. The molecule has 12 heavy (non-hydrogen) atoms. The Labute approximate surface area is 75.1 Å². The van der Waals surface area contributed by atoms with E-state index in [0.717, 1.165) is 19.5 Å². The van der Waals surface area contributed by atoms with Crippen molar-refractivity contribution in [3.8, 4) is 0 Å². The third-order valence-corrected chi connectivity index (χ3v) is 3.09. The second-order valence-electron chi connectivity index (χ2n) is 3.84. The van der Waals surface area contributed by atoms with Gasteiger partial charge in [0.15, 0.2) is 0 Å². The molecule has 1 heterocycles. The zero-order chi connectivity index (χ0) is 9.19. The lowest BCUT2D eigenvalue weighted by atomic mass is 9.93. The third-order valence-electron chi connectivity index (χ3n) is 3.09. The van der Waals surface area contributed by atoms with Crippen molar-refractivity contribution in [2.75, 3.05) is 34.3 Å². The van der Waals surface area contributed by atoms with Crippen LogP contribution < -0.4 is 5.32 Å². The molecule has 0 radical (unpaired) electrons. The number of ether oxygens (including phenoxy) is 1. The van der Waals surface area contributed by atoms with Gasteiger partial charge in [-0.25, -0.2) is 0 Å². The van der Waals surface area contributed by atoms with Gasteiger partial charge in [-0.1, -0.05) is 0 Å². The predicted octanol–water partition coefficient (Wildman–Crippen LogP) is 0.315. The Morgan fingerprint density at radius 1 is 1.50 bits per heavy atom. The van der Waals surface area contributed by atoms with Crippen molar-refractivity contribution in [2.24, 2.45) is 0 Å². The summed E-state index contributed by atoms with van der Waals surface area (Å²) < 4.78 is 5.62.